The molecule has 0 bridgehead atoms. The van der Waals surface area contributed by atoms with Crippen LogP contribution in [-0.2, 0) is 6.42 Å². The van der Waals surface area contributed by atoms with E-state index in [1.54, 1.807) is 36.4 Å². The van der Waals surface area contributed by atoms with Gasteiger partial charge in [-0.05, 0) is 29.8 Å². The molecule has 2 aromatic carbocycles. The number of halogens is 1. The average molecular weight is 315 g/mol. The number of allylic oxidation sites excluding steroid dienone is 1. The maximum absolute atomic E-state index is 12.4. The first kappa shape index (κ1) is 13.2. The summed E-state index contributed by atoms with van der Waals surface area (Å²) < 4.78 is 10.6. The van der Waals surface area contributed by atoms with E-state index < -0.39 is 0 Å². The van der Waals surface area contributed by atoms with Gasteiger partial charge in [0.25, 0.3) is 0 Å². The normalized spacial score (nSPS) is 17.1. The zero-order valence-electron chi connectivity index (χ0n) is 11.4. The molecule has 0 spiro atoms. The second kappa shape index (κ2) is 4.78. The van der Waals surface area contributed by atoms with Crippen LogP contribution in [0.2, 0.25) is 5.02 Å². The Kier molecular flexibility index (Phi) is 2.87. The first-order valence-corrected chi connectivity index (χ1v) is 7.16. The molecule has 4 nitrogen and oxygen atoms in total. The molecular formula is C17H11ClO4. The number of hydrogen-bond acceptors (Lipinski definition) is 4. The highest BCUT2D eigenvalue weighted by molar-refractivity contribution is 6.32. The second-order valence-corrected chi connectivity index (χ2v) is 5.62. The molecule has 1 N–H and O–H groups in total. The summed E-state index contributed by atoms with van der Waals surface area (Å²) >= 11 is 6.15. The van der Waals surface area contributed by atoms with Crippen molar-refractivity contribution in [2.75, 3.05) is 6.79 Å². The lowest BCUT2D eigenvalue weighted by molar-refractivity contribution is 0.104. The van der Waals surface area contributed by atoms with E-state index in [9.17, 15) is 9.90 Å². The summed E-state index contributed by atoms with van der Waals surface area (Å²) in [6.45, 7) is 0.146. The van der Waals surface area contributed by atoms with Crippen molar-refractivity contribution >= 4 is 23.5 Å². The minimum absolute atomic E-state index is 0.0697. The molecule has 0 saturated carbocycles. The SMILES string of the molecule is O=C1/C(=C\c2cc(Cl)c3c(c2)OCO3)Cc2c(O)cccc21. The summed E-state index contributed by atoms with van der Waals surface area (Å²) in [5, 5.41) is 10.3. The van der Waals surface area contributed by atoms with Gasteiger partial charge in [-0.3, -0.25) is 4.79 Å². The van der Waals surface area contributed by atoms with Gasteiger partial charge >= 0.3 is 0 Å². The van der Waals surface area contributed by atoms with Gasteiger partial charge < -0.3 is 14.6 Å². The molecule has 0 saturated heterocycles. The second-order valence-electron chi connectivity index (χ2n) is 5.22. The van der Waals surface area contributed by atoms with Crippen LogP contribution < -0.4 is 9.47 Å². The Morgan fingerprint density at radius 3 is 2.91 bits per heavy atom. The molecule has 1 heterocycles. The molecular weight excluding hydrogens is 304 g/mol. The molecule has 0 radical (unpaired) electrons. The van der Waals surface area contributed by atoms with Gasteiger partial charge in [-0.25, -0.2) is 0 Å². The Labute approximate surface area is 131 Å². The third-order valence-corrected chi connectivity index (χ3v) is 4.13. The molecule has 110 valence electrons. The van der Waals surface area contributed by atoms with Crippen LogP contribution in [0.3, 0.4) is 0 Å². The minimum atomic E-state index is -0.0697. The summed E-state index contributed by atoms with van der Waals surface area (Å²) in [5.41, 5.74) is 2.61. The van der Waals surface area contributed by atoms with Crippen LogP contribution in [0.1, 0.15) is 21.5 Å². The number of phenolic OH excluding ortho intramolecular Hbond substituents is 1. The summed E-state index contributed by atoms with van der Waals surface area (Å²) in [6.07, 6.45) is 2.18. The van der Waals surface area contributed by atoms with E-state index in [0.29, 0.717) is 39.6 Å². The number of aromatic hydroxyl groups is 1. The molecule has 4 rings (SSSR count). The zero-order valence-corrected chi connectivity index (χ0v) is 12.2. The first-order chi connectivity index (χ1) is 10.6. The van der Waals surface area contributed by atoms with E-state index in [1.807, 2.05) is 0 Å². The van der Waals surface area contributed by atoms with Gasteiger partial charge in [-0.15, -0.1) is 0 Å². The van der Waals surface area contributed by atoms with Gasteiger partial charge in [0, 0.05) is 23.1 Å². The maximum atomic E-state index is 12.4. The van der Waals surface area contributed by atoms with Crippen LogP contribution in [-0.4, -0.2) is 17.7 Å². The van der Waals surface area contributed by atoms with Crippen molar-refractivity contribution in [3.63, 3.8) is 0 Å². The van der Waals surface area contributed by atoms with Crippen LogP contribution in [0, 0.1) is 0 Å². The van der Waals surface area contributed by atoms with Crippen LogP contribution in [0.5, 0.6) is 17.2 Å². The van der Waals surface area contributed by atoms with Gasteiger partial charge in [0.2, 0.25) is 6.79 Å². The van der Waals surface area contributed by atoms with E-state index in [4.69, 9.17) is 21.1 Å². The number of phenols is 1. The van der Waals surface area contributed by atoms with Crippen molar-refractivity contribution in [3.8, 4) is 17.2 Å². The lowest BCUT2D eigenvalue weighted by atomic mass is 10.1. The molecule has 1 aliphatic carbocycles. The van der Waals surface area contributed by atoms with Crippen LogP contribution in [0.25, 0.3) is 6.08 Å². The topological polar surface area (TPSA) is 55.8 Å². The molecule has 1 aliphatic heterocycles. The zero-order chi connectivity index (χ0) is 15.3. The average Bonchev–Trinajstić information content (AvgIpc) is 3.07. The third kappa shape index (κ3) is 1.96. The number of carbonyl (C=O) groups excluding carboxylic acids is 1. The molecule has 2 aromatic rings. The van der Waals surface area contributed by atoms with E-state index in [2.05, 4.69) is 0 Å². The van der Waals surface area contributed by atoms with Gasteiger partial charge in [0.05, 0.1) is 5.02 Å². The van der Waals surface area contributed by atoms with Gasteiger partial charge in [-0.2, -0.15) is 0 Å². The summed E-state index contributed by atoms with van der Waals surface area (Å²) in [4.78, 5) is 12.4. The van der Waals surface area contributed by atoms with Crippen molar-refractivity contribution in [2.24, 2.45) is 0 Å². The van der Waals surface area contributed by atoms with Gasteiger partial charge in [-0.1, -0.05) is 23.7 Å². The highest BCUT2D eigenvalue weighted by atomic mass is 35.5. The number of Topliss-reactive ketones (excluding diaryl/α,β-unsaturated/α-hetero) is 1. The molecule has 0 unspecified atom stereocenters. The fraction of sp³-hybridized carbons (Fsp3) is 0.118. The Morgan fingerprint density at radius 1 is 1.23 bits per heavy atom. The fourth-order valence-electron chi connectivity index (χ4n) is 2.81. The Bertz CT molecular complexity index is 839. The molecule has 0 amide bonds. The molecule has 0 fully saturated rings. The Morgan fingerprint density at radius 2 is 2.09 bits per heavy atom. The highest BCUT2D eigenvalue weighted by Gasteiger charge is 2.27. The third-order valence-electron chi connectivity index (χ3n) is 3.85. The monoisotopic (exact) mass is 314 g/mol. The minimum Gasteiger partial charge on any atom is -0.508 e. The molecule has 22 heavy (non-hydrogen) atoms. The van der Waals surface area contributed by atoms with Crippen molar-refractivity contribution in [3.05, 3.63) is 57.6 Å². The maximum Gasteiger partial charge on any atom is 0.231 e. The number of hydrogen-bond donors (Lipinski definition) is 1. The smallest absolute Gasteiger partial charge is 0.231 e. The predicted molar refractivity (Wildman–Crippen MR) is 81.7 cm³/mol. The summed E-state index contributed by atoms with van der Waals surface area (Å²) in [6, 6.07) is 8.51. The fourth-order valence-corrected chi connectivity index (χ4v) is 3.08. The van der Waals surface area contributed by atoms with Crippen molar-refractivity contribution in [2.45, 2.75) is 6.42 Å². The van der Waals surface area contributed by atoms with Crippen molar-refractivity contribution in [1.82, 2.24) is 0 Å². The highest BCUT2D eigenvalue weighted by Crippen LogP contribution is 2.41. The van der Waals surface area contributed by atoms with E-state index >= 15 is 0 Å². The number of ketones is 1. The number of ether oxygens (including phenoxy) is 2. The van der Waals surface area contributed by atoms with E-state index in [-0.39, 0.29) is 18.3 Å². The molecule has 0 aromatic heterocycles. The lowest BCUT2D eigenvalue weighted by Crippen LogP contribution is -1.95. The summed E-state index contributed by atoms with van der Waals surface area (Å²) in [7, 11) is 0. The van der Waals surface area contributed by atoms with E-state index in [0.717, 1.165) is 5.56 Å². The lowest BCUT2D eigenvalue weighted by Gasteiger charge is -2.02. The molecule has 0 atom stereocenters. The Hall–Kier alpha value is -2.46. The van der Waals surface area contributed by atoms with Gasteiger partial charge in [0.1, 0.15) is 5.75 Å². The van der Waals surface area contributed by atoms with Crippen LogP contribution >= 0.6 is 11.6 Å². The standard InChI is InChI=1S/C17H11ClO4/c18-13-5-9(6-15-17(13)22-8-21-15)4-10-7-12-11(16(10)20)2-1-3-14(12)19/h1-6,19H,7-8H2/b10-4-. The van der Waals surface area contributed by atoms with Crippen LogP contribution in [0.15, 0.2) is 35.9 Å². The van der Waals surface area contributed by atoms with Crippen molar-refractivity contribution < 1.29 is 19.4 Å². The number of carbonyl (C=O) groups is 1. The summed E-state index contributed by atoms with van der Waals surface area (Å²) in [5.74, 6) is 1.19. The number of fused-ring (bicyclic) bond motifs is 2. The molecule has 2 aliphatic rings. The first-order valence-electron chi connectivity index (χ1n) is 6.79. The molecule has 5 heteroatoms. The Balaban J connectivity index is 1.75. The number of benzene rings is 2. The quantitative estimate of drug-likeness (QED) is 0.817. The van der Waals surface area contributed by atoms with Crippen molar-refractivity contribution in [1.29, 1.82) is 0 Å². The largest absolute Gasteiger partial charge is 0.508 e. The van der Waals surface area contributed by atoms with Crippen LogP contribution in [0.4, 0.5) is 0 Å². The van der Waals surface area contributed by atoms with E-state index in [1.165, 1.54) is 0 Å². The number of rotatable bonds is 1. The predicted octanol–water partition coefficient (Wildman–Crippen LogP) is 3.60. The van der Waals surface area contributed by atoms with Gasteiger partial charge in [0.15, 0.2) is 17.3 Å².